The van der Waals surface area contributed by atoms with E-state index in [1.807, 2.05) is 30.3 Å². The third-order valence-corrected chi connectivity index (χ3v) is 4.47. The Hall–Kier alpha value is -2.20. The quantitative estimate of drug-likeness (QED) is 0.526. The van der Waals surface area contributed by atoms with E-state index in [0.29, 0.717) is 38.7 Å². The molecule has 0 aliphatic carbocycles. The molecule has 0 saturated heterocycles. The molecule has 3 nitrogen and oxygen atoms in total. The number of benzene rings is 3. The van der Waals surface area contributed by atoms with Crippen LogP contribution in [0.1, 0.15) is 15.9 Å². The molecule has 0 aliphatic rings. The summed E-state index contributed by atoms with van der Waals surface area (Å²) in [6.45, 7) is 0.354. The van der Waals surface area contributed by atoms with Gasteiger partial charge in [-0.15, -0.1) is 0 Å². The second kappa shape index (κ2) is 8.45. The highest BCUT2D eigenvalue weighted by Gasteiger charge is 2.13. The lowest BCUT2D eigenvalue weighted by atomic mass is 10.2. The second-order valence-corrected chi connectivity index (χ2v) is 6.75. The smallest absolute Gasteiger partial charge is 0.255 e. The van der Waals surface area contributed by atoms with Gasteiger partial charge >= 0.3 is 0 Å². The summed E-state index contributed by atoms with van der Waals surface area (Å²) < 4.78 is 5.76. The van der Waals surface area contributed by atoms with E-state index in [9.17, 15) is 4.79 Å². The van der Waals surface area contributed by atoms with Crippen LogP contribution in [-0.4, -0.2) is 5.91 Å². The van der Waals surface area contributed by atoms with Crippen LogP contribution in [0, 0.1) is 0 Å². The molecule has 0 spiro atoms. The van der Waals surface area contributed by atoms with Crippen LogP contribution in [0.15, 0.2) is 66.7 Å². The normalized spacial score (nSPS) is 10.4. The van der Waals surface area contributed by atoms with Crippen molar-refractivity contribution in [1.29, 1.82) is 0 Å². The van der Waals surface area contributed by atoms with Gasteiger partial charge in [0.15, 0.2) is 0 Å². The third-order valence-electron chi connectivity index (χ3n) is 3.61. The summed E-state index contributed by atoms with van der Waals surface area (Å²) >= 11 is 18.2. The highest BCUT2D eigenvalue weighted by atomic mass is 35.5. The average Bonchev–Trinajstić information content (AvgIpc) is 2.64. The maximum absolute atomic E-state index is 12.4. The molecular formula is C20H14Cl3NO2. The summed E-state index contributed by atoms with van der Waals surface area (Å²) in [5.74, 6) is 0.131. The van der Waals surface area contributed by atoms with Gasteiger partial charge in [0.05, 0.1) is 15.7 Å². The van der Waals surface area contributed by atoms with Crippen molar-refractivity contribution in [3.63, 3.8) is 0 Å². The zero-order valence-electron chi connectivity index (χ0n) is 13.5. The molecule has 26 heavy (non-hydrogen) atoms. The third kappa shape index (κ3) is 4.70. The number of amides is 1. The number of hydrogen-bond donors (Lipinski definition) is 1. The summed E-state index contributed by atoms with van der Waals surface area (Å²) in [5, 5.41) is 4.01. The molecule has 3 rings (SSSR count). The van der Waals surface area contributed by atoms with Crippen LogP contribution >= 0.6 is 34.8 Å². The van der Waals surface area contributed by atoms with Gasteiger partial charge in [0.25, 0.3) is 5.91 Å². The van der Waals surface area contributed by atoms with Crippen LogP contribution in [0.5, 0.6) is 5.75 Å². The Labute approximate surface area is 166 Å². The van der Waals surface area contributed by atoms with E-state index in [4.69, 9.17) is 39.5 Å². The lowest BCUT2D eigenvalue weighted by Crippen LogP contribution is -2.12. The maximum Gasteiger partial charge on any atom is 0.255 e. The van der Waals surface area contributed by atoms with Crippen molar-refractivity contribution in [3.05, 3.63) is 92.9 Å². The van der Waals surface area contributed by atoms with Crippen LogP contribution in [0.3, 0.4) is 0 Å². The van der Waals surface area contributed by atoms with Gasteiger partial charge in [-0.05, 0) is 35.9 Å². The van der Waals surface area contributed by atoms with E-state index in [0.717, 1.165) is 5.56 Å². The molecule has 3 aromatic rings. The van der Waals surface area contributed by atoms with E-state index in [2.05, 4.69) is 5.32 Å². The second-order valence-electron chi connectivity index (χ2n) is 5.50. The first-order valence-electron chi connectivity index (χ1n) is 7.75. The topological polar surface area (TPSA) is 38.3 Å². The standard InChI is InChI=1S/C20H14Cl3NO2/c21-15-8-6-14(7-9-15)20(25)24-18-11-19(17(23)10-16(18)22)26-12-13-4-2-1-3-5-13/h1-11H,12H2,(H,24,25). The zero-order chi connectivity index (χ0) is 18.5. The molecule has 0 saturated carbocycles. The molecule has 6 heteroatoms. The minimum Gasteiger partial charge on any atom is -0.487 e. The SMILES string of the molecule is O=C(Nc1cc(OCc2ccccc2)c(Cl)cc1Cl)c1ccc(Cl)cc1. The van der Waals surface area contributed by atoms with E-state index < -0.39 is 0 Å². The van der Waals surface area contributed by atoms with Gasteiger partial charge in [0.2, 0.25) is 0 Å². The lowest BCUT2D eigenvalue weighted by Gasteiger charge is -2.13. The van der Waals surface area contributed by atoms with Crippen LogP contribution in [0.2, 0.25) is 15.1 Å². The Bertz CT molecular complexity index is 912. The molecular weight excluding hydrogens is 393 g/mol. The summed E-state index contributed by atoms with van der Waals surface area (Å²) in [5.41, 5.74) is 1.89. The first kappa shape index (κ1) is 18.6. The predicted octanol–water partition coefficient (Wildman–Crippen LogP) is 6.48. The number of carbonyl (C=O) groups is 1. The molecule has 0 aromatic heterocycles. The minimum absolute atomic E-state index is 0.306. The fourth-order valence-corrected chi connectivity index (χ4v) is 2.88. The first-order chi connectivity index (χ1) is 12.5. The number of nitrogens with one attached hydrogen (secondary N) is 1. The van der Waals surface area contributed by atoms with Crippen molar-refractivity contribution < 1.29 is 9.53 Å². The van der Waals surface area contributed by atoms with E-state index in [1.54, 1.807) is 36.4 Å². The Morgan fingerprint density at radius 2 is 1.58 bits per heavy atom. The zero-order valence-corrected chi connectivity index (χ0v) is 15.8. The number of ether oxygens (including phenoxy) is 1. The molecule has 0 bridgehead atoms. The van der Waals surface area contributed by atoms with E-state index >= 15 is 0 Å². The van der Waals surface area contributed by atoms with E-state index in [-0.39, 0.29) is 5.91 Å². The summed E-state index contributed by atoms with van der Waals surface area (Å²) in [4.78, 5) is 12.4. The highest BCUT2D eigenvalue weighted by molar-refractivity contribution is 6.37. The number of anilines is 1. The Kier molecular flexibility index (Phi) is 6.04. The predicted molar refractivity (Wildman–Crippen MR) is 107 cm³/mol. The number of rotatable bonds is 5. The molecule has 0 aliphatic heterocycles. The number of hydrogen-bond acceptors (Lipinski definition) is 2. The first-order valence-corrected chi connectivity index (χ1v) is 8.89. The van der Waals surface area contributed by atoms with Gasteiger partial charge in [-0.3, -0.25) is 4.79 Å². The Morgan fingerprint density at radius 1 is 0.885 bits per heavy atom. The molecule has 0 atom stereocenters. The molecule has 0 heterocycles. The molecule has 0 fully saturated rings. The average molecular weight is 407 g/mol. The number of halogens is 3. The van der Waals surface area contributed by atoms with Gasteiger partial charge < -0.3 is 10.1 Å². The molecule has 0 radical (unpaired) electrons. The van der Waals surface area contributed by atoms with Gasteiger partial charge in [-0.25, -0.2) is 0 Å². The van der Waals surface area contributed by atoms with Crippen molar-refractivity contribution in [2.75, 3.05) is 5.32 Å². The Balaban J connectivity index is 1.76. The van der Waals surface area contributed by atoms with Crippen molar-refractivity contribution in [2.24, 2.45) is 0 Å². The van der Waals surface area contributed by atoms with Gasteiger partial charge in [-0.2, -0.15) is 0 Å². The van der Waals surface area contributed by atoms with Gasteiger partial charge in [0.1, 0.15) is 12.4 Å². The van der Waals surface area contributed by atoms with Crippen molar-refractivity contribution >= 4 is 46.4 Å². The molecule has 1 amide bonds. The lowest BCUT2D eigenvalue weighted by molar-refractivity contribution is 0.102. The summed E-state index contributed by atoms with van der Waals surface area (Å²) in [6, 6.07) is 19.4. The van der Waals surface area contributed by atoms with Gasteiger partial charge in [0, 0.05) is 16.7 Å². The van der Waals surface area contributed by atoms with Crippen molar-refractivity contribution in [1.82, 2.24) is 0 Å². The maximum atomic E-state index is 12.4. The van der Waals surface area contributed by atoms with Crippen LogP contribution in [0.25, 0.3) is 0 Å². The molecule has 3 aromatic carbocycles. The van der Waals surface area contributed by atoms with Crippen molar-refractivity contribution in [2.45, 2.75) is 6.61 Å². The Morgan fingerprint density at radius 3 is 2.27 bits per heavy atom. The van der Waals surface area contributed by atoms with Crippen molar-refractivity contribution in [3.8, 4) is 5.75 Å². The number of carbonyl (C=O) groups excluding carboxylic acids is 1. The monoisotopic (exact) mass is 405 g/mol. The summed E-state index contributed by atoms with van der Waals surface area (Å²) in [7, 11) is 0. The molecule has 0 unspecified atom stereocenters. The fourth-order valence-electron chi connectivity index (χ4n) is 2.27. The van der Waals surface area contributed by atoms with Gasteiger partial charge in [-0.1, -0.05) is 65.1 Å². The van der Waals surface area contributed by atoms with Crippen LogP contribution < -0.4 is 10.1 Å². The van der Waals surface area contributed by atoms with Crippen LogP contribution in [0.4, 0.5) is 5.69 Å². The highest BCUT2D eigenvalue weighted by Crippen LogP contribution is 2.35. The summed E-state index contributed by atoms with van der Waals surface area (Å²) in [6.07, 6.45) is 0. The largest absolute Gasteiger partial charge is 0.487 e. The fraction of sp³-hybridized carbons (Fsp3) is 0.0500. The van der Waals surface area contributed by atoms with Crippen LogP contribution in [-0.2, 0) is 6.61 Å². The van der Waals surface area contributed by atoms with E-state index in [1.165, 1.54) is 0 Å². The molecule has 132 valence electrons. The molecule has 1 N–H and O–H groups in total. The minimum atomic E-state index is -0.306.